The second-order valence-corrected chi connectivity index (χ2v) is 8.01. The molecule has 1 fully saturated rings. The van der Waals surface area contributed by atoms with Gasteiger partial charge in [-0.3, -0.25) is 0 Å². The van der Waals surface area contributed by atoms with Crippen LogP contribution in [0.4, 0.5) is 0 Å². The number of carbonyl (C=O) groups excluding carboxylic acids is 1. The minimum absolute atomic E-state index is 0.324. The van der Waals surface area contributed by atoms with E-state index in [0.29, 0.717) is 13.2 Å². The average molecular weight is 410 g/mol. The number of hydrogen-bond acceptors (Lipinski definition) is 4. The number of unbranched alkanes of at least 4 members (excludes halogenated alkanes) is 1. The summed E-state index contributed by atoms with van der Waals surface area (Å²) in [5.74, 6) is -0.324. The maximum Gasteiger partial charge on any atom is 0.347 e. The highest BCUT2D eigenvalue weighted by Gasteiger charge is 2.45. The summed E-state index contributed by atoms with van der Waals surface area (Å²) in [5, 5.41) is 0. The van der Waals surface area contributed by atoms with Gasteiger partial charge in [-0.25, -0.2) is 4.79 Å². The standard InChI is InChI=1S/C26H35NO3/c1-2-3-22-30-26(23-14-7-4-8-15-23,24-16-9-5-10-17-24)25(28)29-21-13-20-27-18-11-6-12-19-27/h4-5,7-10,14-17H,2-3,6,11-13,18-22H2,1H3. The van der Waals surface area contributed by atoms with Gasteiger partial charge in [-0.2, -0.15) is 0 Å². The van der Waals surface area contributed by atoms with Crippen LogP contribution < -0.4 is 0 Å². The van der Waals surface area contributed by atoms with Crippen LogP contribution in [0.1, 0.15) is 56.6 Å². The largest absolute Gasteiger partial charge is 0.463 e. The number of benzene rings is 2. The molecule has 1 aliphatic rings. The first-order valence-electron chi connectivity index (χ1n) is 11.4. The number of hydrogen-bond donors (Lipinski definition) is 0. The monoisotopic (exact) mass is 409 g/mol. The third-order valence-corrected chi connectivity index (χ3v) is 5.77. The third-order valence-electron chi connectivity index (χ3n) is 5.77. The normalized spacial score (nSPS) is 15.1. The van der Waals surface area contributed by atoms with Gasteiger partial charge in [0, 0.05) is 13.2 Å². The van der Waals surface area contributed by atoms with Crippen molar-refractivity contribution in [1.29, 1.82) is 0 Å². The Balaban J connectivity index is 1.77. The van der Waals surface area contributed by atoms with E-state index in [1.54, 1.807) is 0 Å². The molecule has 4 heteroatoms. The maximum atomic E-state index is 13.6. The first-order chi connectivity index (χ1) is 14.8. The Morgan fingerprint density at radius 1 is 0.867 bits per heavy atom. The first-order valence-corrected chi connectivity index (χ1v) is 11.4. The van der Waals surface area contributed by atoms with E-state index in [4.69, 9.17) is 9.47 Å². The lowest BCUT2D eigenvalue weighted by Gasteiger charge is -2.33. The molecule has 2 aromatic carbocycles. The van der Waals surface area contributed by atoms with Gasteiger partial charge in [-0.05, 0) is 49.9 Å². The Kier molecular flexibility index (Phi) is 8.91. The highest BCUT2D eigenvalue weighted by atomic mass is 16.6. The van der Waals surface area contributed by atoms with Crippen molar-refractivity contribution >= 4 is 5.97 Å². The van der Waals surface area contributed by atoms with Gasteiger partial charge in [0.15, 0.2) is 0 Å². The molecule has 0 spiro atoms. The SMILES string of the molecule is CCCCOC(C(=O)OCCCN1CCCCC1)(c1ccccc1)c1ccccc1. The molecule has 0 N–H and O–H groups in total. The second kappa shape index (κ2) is 11.9. The van der Waals surface area contributed by atoms with Crippen LogP contribution in [0.5, 0.6) is 0 Å². The van der Waals surface area contributed by atoms with Gasteiger partial charge in [0.2, 0.25) is 5.60 Å². The van der Waals surface area contributed by atoms with Crippen molar-refractivity contribution in [3.63, 3.8) is 0 Å². The molecule has 2 aromatic rings. The quantitative estimate of drug-likeness (QED) is 0.379. The molecule has 30 heavy (non-hydrogen) atoms. The fourth-order valence-electron chi connectivity index (χ4n) is 4.08. The molecule has 1 heterocycles. The second-order valence-electron chi connectivity index (χ2n) is 8.01. The first kappa shape index (κ1) is 22.5. The van der Waals surface area contributed by atoms with Crippen molar-refractivity contribution in [3.8, 4) is 0 Å². The number of likely N-dealkylation sites (tertiary alicyclic amines) is 1. The summed E-state index contributed by atoms with van der Waals surface area (Å²) in [6.07, 6.45) is 6.62. The van der Waals surface area contributed by atoms with Gasteiger partial charge in [0.25, 0.3) is 0 Å². The zero-order valence-corrected chi connectivity index (χ0v) is 18.2. The van der Waals surface area contributed by atoms with E-state index in [1.165, 1.54) is 19.3 Å². The summed E-state index contributed by atoms with van der Waals surface area (Å²) in [5.41, 5.74) is 0.393. The molecule has 4 nitrogen and oxygen atoms in total. The number of carbonyl (C=O) groups is 1. The lowest BCUT2D eigenvalue weighted by Crippen LogP contribution is -2.42. The Morgan fingerprint density at radius 2 is 1.47 bits per heavy atom. The van der Waals surface area contributed by atoms with Crippen molar-refractivity contribution in [2.24, 2.45) is 0 Å². The van der Waals surface area contributed by atoms with Gasteiger partial charge >= 0.3 is 5.97 Å². The van der Waals surface area contributed by atoms with E-state index in [9.17, 15) is 4.79 Å². The van der Waals surface area contributed by atoms with Crippen LogP contribution in [0.15, 0.2) is 60.7 Å². The van der Waals surface area contributed by atoms with E-state index in [2.05, 4.69) is 11.8 Å². The van der Waals surface area contributed by atoms with Gasteiger partial charge < -0.3 is 14.4 Å². The lowest BCUT2D eigenvalue weighted by atomic mass is 9.86. The van der Waals surface area contributed by atoms with Crippen molar-refractivity contribution < 1.29 is 14.3 Å². The number of esters is 1. The summed E-state index contributed by atoms with van der Waals surface area (Å²) < 4.78 is 12.2. The Labute approximate surface area is 181 Å². The van der Waals surface area contributed by atoms with Gasteiger partial charge in [0.05, 0.1) is 6.61 Å². The fraction of sp³-hybridized carbons (Fsp3) is 0.500. The van der Waals surface area contributed by atoms with E-state index in [0.717, 1.165) is 50.0 Å². The van der Waals surface area contributed by atoms with Crippen LogP contribution in [-0.2, 0) is 19.9 Å². The van der Waals surface area contributed by atoms with Crippen LogP contribution in [0.3, 0.4) is 0 Å². The topological polar surface area (TPSA) is 38.8 Å². The van der Waals surface area contributed by atoms with E-state index in [-0.39, 0.29) is 5.97 Å². The van der Waals surface area contributed by atoms with Crippen LogP contribution in [0.25, 0.3) is 0 Å². The number of rotatable bonds is 11. The molecule has 0 unspecified atom stereocenters. The Morgan fingerprint density at radius 3 is 2.03 bits per heavy atom. The predicted octanol–water partition coefficient (Wildman–Crippen LogP) is 5.17. The van der Waals surface area contributed by atoms with Crippen LogP contribution in [0, 0.1) is 0 Å². The molecule has 0 atom stereocenters. The Hall–Kier alpha value is -2.17. The smallest absolute Gasteiger partial charge is 0.347 e. The summed E-state index contributed by atoms with van der Waals surface area (Å²) in [6, 6.07) is 19.5. The van der Waals surface area contributed by atoms with Crippen molar-refractivity contribution in [2.45, 2.75) is 51.0 Å². The molecule has 0 bridgehead atoms. The number of nitrogens with zero attached hydrogens (tertiary/aromatic N) is 1. The van der Waals surface area contributed by atoms with Gasteiger partial charge in [-0.15, -0.1) is 0 Å². The summed E-state index contributed by atoms with van der Waals surface area (Å²) in [4.78, 5) is 16.0. The van der Waals surface area contributed by atoms with Crippen LogP contribution >= 0.6 is 0 Å². The molecular weight excluding hydrogens is 374 g/mol. The average Bonchev–Trinajstić information content (AvgIpc) is 2.81. The maximum absolute atomic E-state index is 13.6. The molecule has 1 aliphatic heterocycles. The number of ether oxygens (including phenoxy) is 2. The molecule has 0 aromatic heterocycles. The molecule has 0 amide bonds. The predicted molar refractivity (Wildman–Crippen MR) is 120 cm³/mol. The molecular formula is C26H35NO3. The minimum atomic E-state index is -1.23. The summed E-state index contributed by atoms with van der Waals surface area (Å²) >= 11 is 0. The van der Waals surface area contributed by atoms with Crippen molar-refractivity contribution in [3.05, 3.63) is 71.8 Å². The Bertz CT molecular complexity index is 702. The van der Waals surface area contributed by atoms with E-state index < -0.39 is 5.60 Å². The van der Waals surface area contributed by atoms with Crippen molar-refractivity contribution in [2.75, 3.05) is 32.8 Å². The van der Waals surface area contributed by atoms with E-state index >= 15 is 0 Å². The molecule has 3 rings (SSSR count). The minimum Gasteiger partial charge on any atom is -0.463 e. The zero-order valence-electron chi connectivity index (χ0n) is 18.2. The highest BCUT2D eigenvalue weighted by Crippen LogP contribution is 2.35. The third kappa shape index (κ3) is 5.71. The highest BCUT2D eigenvalue weighted by molar-refractivity contribution is 5.85. The number of piperidine rings is 1. The van der Waals surface area contributed by atoms with Crippen molar-refractivity contribution in [1.82, 2.24) is 4.90 Å². The van der Waals surface area contributed by atoms with Gasteiger partial charge in [-0.1, -0.05) is 80.4 Å². The fourth-order valence-corrected chi connectivity index (χ4v) is 4.08. The molecule has 0 saturated carbocycles. The molecule has 0 radical (unpaired) electrons. The van der Waals surface area contributed by atoms with Gasteiger partial charge in [0.1, 0.15) is 0 Å². The molecule has 162 valence electrons. The van der Waals surface area contributed by atoms with Crippen LogP contribution in [-0.4, -0.2) is 43.7 Å². The summed E-state index contributed by atoms with van der Waals surface area (Å²) in [6.45, 7) is 6.33. The lowest BCUT2D eigenvalue weighted by molar-refractivity contribution is -0.169. The zero-order chi connectivity index (χ0) is 21.1. The summed E-state index contributed by atoms with van der Waals surface area (Å²) in [7, 11) is 0. The van der Waals surface area contributed by atoms with E-state index in [1.807, 2.05) is 60.7 Å². The van der Waals surface area contributed by atoms with Crippen LogP contribution in [0.2, 0.25) is 0 Å². The molecule has 0 aliphatic carbocycles. The molecule has 1 saturated heterocycles.